The highest BCUT2D eigenvalue weighted by molar-refractivity contribution is 5.68. The monoisotopic (exact) mass is 176 g/mol. The molecule has 0 bridgehead atoms. The van der Waals surface area contributed by atoms with Crippen molar-refractivity contribution in [1.82, 2.24) is 9.97 Å². The van der Waals surface area contributed by atoms with Crippen LogP contribution in [0.25, 0.3) is 0 Å². The summed E-state index contributed by atoms with van der Waals surface area (Å²) in [5.74, 6) is 1.03. The summed E-state index contributed by atoms with van der Waals surface area (Å²) >= 11 is 0. The third-order valence-electron chi connectivity index (χ3n) is 2.52. The van der Waals surface area contributed by atoms with Crippen molar-refractivity contribution in [2.24, 2.45) is 5.92 Å². The van der Waals surface area contributed by atoms with Gasteiger partial charge in [-0.05, 0) is 30.7 Å². The van der Waals surface area contributed by atoms with Gasteiger partial charge in [0.15, 0.2) is 12.1 Å². The molecule has 0 N–H and O–H groups in total. The Balaban J connectivity index is 2.36. The first-order valence-electron chi connectivity index (χ1n) is 4.59. The molecule has 1 aromatic rings. The predicted molar refractivity (Wildman–Crippen MR) is 48.6 cm³/mol. The molecule has 2 rings (SSSR count). The van der Waals surface area contributed by atoms with Gasteiger partial charge in [-0.15, -0.1) is 0 Å². The number of aromatic nitrogens is 2. The summed E-state index contributed by atoms with van der Waals surface area (Å²) in [6.07, 6.45) is 5.71. The fraction of sp³-hybridized carbons (Fsp3) is 0.500. The number of rotatable bonds is 1. The summed E-state index contributed by atoms with van der Waals surface area (Å²) in [4.78, 5) is 18.6. The van der Waals surface area contributed by atoms with Crippen LogP contribution in [0.15, 0.2) is 6.20 Å². The molecule has 1 aliphatic carbocycles. The standard InChI is InChI=1S/C10H12N2O/c1-7-2-3-9-8(4-7)5-11-10(6-13)12-9/h5-7H,2-4H2,1H3. The Hall–Kier alpha value is -1.25. The van der Waals surface area contributed by atoms with Crippen LogP contribution >= 0.6 is 0 Å². The van der Waals surface area contributed by atoms with Gasteiger partial charge in [-0.3, -0.25) is 4.79 Å². The van der Waals surface area contributed by atoms with Crippen molar-refractivity contribution >= 4 is 6.29 Å². The van der Waals surface area contributed by atoms with E-state index in [0.717, 1.165) is 24.5 Å². The number of nitrogens with zero attached hydrogens (tertiary/aromatic N) is 2. The molecule has 0 aliphatic heterocycles. The van der Waals surface area contributed by atoms with Crippen LogP contribution in [0.2, 0.25) is 0 Å². The van der Waals surface area contributed by atoms with Gasteiger partial charge >= 0.3 is 0 Å². The van der Waals surface area contributed by atoms with Gasteiger partial charge in [-0.2, -0.15) is 0 Å². The highest BCUT2D eigenvalue weighted by atomic mass is 16.1. The van der Waals surface area contributed by atoms with Crippen LogP contribution in [0.1, 0.15) is 35.2 Å². The number of fused-ring (bicyclic) bond motifs is 1. The van der Waals surface area contributed by atoms with E-state index < -0.39 is 0 Å². The van der Waals surface area contributed by atoms with Gasteiger partial charge < -0.3 is 0 Å². The molecule has 1 aromatic heterocycles. The Morgan fingerprint density at radius 1 is 1.62 bits per heavy atom. The van der Waals surface area contributed by atoms with Gasteiger partial charge in [-0.25, -0.2) is 9.97 Å². The summed E-state index contributed by atoms with van der Waals surface area (Å²) in [7, 11) is 0. The average molecular weight is 176 g/mol. The van der Waals surface area contributed by atoms with E-state index in [1.807, 2.05) is 0 Å². The van der Waals surface area contributed by atoms with E-state index in [0.29, 0.717) is 12.1 Å². The number of carbonyl (C=O) groups excluding carboxylic acids is 1. The van der Waals surface area contributed by atoms with Crippen molar-refractivity contribution in [3.05, 3.63) is 23.3 Å². The van der Waals surface area contributed by atoms with E-state index in [-0.39, 0.29) is 0 Å². The molecule has 1 atom stereocenters. The maximum Gasteiger partial charge on any atom is 0.192 e. The second kappa shape index (κ2) is 3.24. The molecule has 13 heavy (non-hydrogen) atoms. The smallest absolute Gasteiger partial charge is 0.192 e. The fourth-order valence-corrected chi connectivity index (χ4v) is 1.76. The zero-order chi connectivity index (χ0) is 9.26. The van der Waals surface area contributed by atoms with Gasteiger partial charge in [0, 0.05) is 11.9 Å². The van der Waals surface area contributed by atoms with Gasteiger partial charge in [0.05, 0.1) is 0 Å². The molecule has 0 aromatic carbocycles. The Bertz CT molecular complexity index is 336. The zero-order valence-corrected chi connectivity index (χ0v) is 7.66. The molecule has 1 heterocycles. The highest BCUT2D eigenvalue weighted by Crippen LogP contribution is 2.22. The van der Waals surface area contributed by atoms with Crippen LogP contribution < -0.4 is 0 Å². The normalized spacial score (nSPS) is 20.8. The van der Waals surface area contributed by atoms with Crippen LogP contribution in [0.4, 0.5) is 0 Å². The zero-order valence-electron chi connectivity index (χ0n) is 7.66. The molecular weight excluding hydrogens is 164 g/mol. The van der Waals surface area contributed by atoms with Crippen molar-refractivity contribution < 1.29 is 4.79 Å². The van der Waals surface area contributed by atoms with E-state index in [2.05, 4.69) is 16.9 Å². The van der Waals surface area contributed by atoms with E-state index in [4.69, 9.17) is 0 Å². The number of aldehydes is 1. The van der Waals surface area contributed by atoms with Gasteiger partial charge in [0.1, 0.15) is 0 Å². The molecule has 0 spiro atoms. The molecule has 0 saturated heterocycles. The summed E-state index contributed by atoms with van der Waals surface area (Å²) < 4.78 is 0. The van der Waals surface area contributed by atoms with Crippen molar-refractivity contribution in [2.75, 3.05) is 0 Å². The first kappa shape index (κ1) is 8.35. The lowest BCUT2D eigenvalue weighted by Gasteiger charge is -2.19. The van der Waals surface area contributed by atoms with Crippen LogP contribution in [0.3, 0.4) is 0 Å². The maximum atomic E-state index is 10.4. The lowest BCUT2D eigenvalue weighted by Crippen LogP contribution is -2.14. The number of aryl methyl sites for hydroxylation is 1. The molecule has 3 nitrogen and oxygen atoms in total. The van der Waals surface area contributed by atoms with Crippen molar-refractivity contribution in [1.29, 1.82) is 0 Å². The minimum atomic E-state index is 0.313. The quantitative estimate of drug-likeness (QED) is 0.608. The Morgan fingerprint density at radius 2 is 2.46 bits per heavy atom. The average Bonchev–Trinajstić information content (AvgIpc) is 2.17. The molecular formula is C10H12N2O. The molecule has 68 valence electrons. The summed E-state index contributed by atoms with van der Waals surface area (Å²) in [5, 5.41) is 0. The van der Waals surface area contributed by atoms with E-state index in [9.17, 15) is 4.79 Å². The number of hydrogen-bond acceptors (Lipinski definition) is 3. The van der Waals surface area contributed by atoms with Gasteiger partial charge in [0.2, 0.25) is 0 Å². The minimum Gasteiger partial charge on any atom is -0.294 e. The first-order chi connectivity index (χ1) is 6.29. The molecule has 0 saturated carbocycles. The van der Waals surface area contributed by atoms with Crippen molar-refractivity contribution in [2.45, 2.75) is 26.2 Å². The third kappa shape index (κ3) is 1.59. The van der Waals surface area contributed by atoms with Gasteiger partial charge in [0.25, 0.3) is 0 Å². The molecule has 3 heteroatoms. The van der Waals surface area contributed by atoms with Gasteiger partial charge in [-0.1, -0.05) is 6.92 Å². The lowest BCUT2D eigenvalue weighted by molar-refractivity contribution is 0.111. The molecule has 1 aliphatic rings. The molecule has 0 radical (unpaired) electrons. The van der Waals surface area contributed by atoms with E-state index >= 15 is 0 Å². The predicted octanol–water partition coefficient (Wildman–Crippen LogP) is 1.41. The van der Waals surface area contributed by atoms with Crippen molar-refractivity contribution in [3.8, 4) is 0 Å². The highest BCUT2D eigenvalue weighted by Gasteiger charge is 2.16. The fourth-order valence-electron chi connectivity index (χ4n) is 1.76. The Kier molecular flexibility index (Phi) is 2.08. The summed E-state index contributed by atoms with van der Waals surface area (Å²) in [6, 6.07) is 0. The largest absolute Gasteiger partial charge is 0.294 e. The topological polar surface area (TPSA) is 42.9 Å². The Labute approximate surface area is 77.2 Å². The summed E-state index contributed by atoms with van der Waals surface area (Å²) in [5.41, 5.74) is 2.28. The number of carbonyl (C=O) groups is 1. The van der Waals surface area contributed by atoms with Crippen LogP contribution in [0.5, 0.6) is 0 Å². The third-order valence-corrected chi connectivity index (χ3v) is 2.52. The number of hydrogen-bond donors (Lipinski definition) is 0. The van der Waals surface area contributed by atoms with E-state index in [1.54, 1.807) is 6.20 Å². The second-order valence-corrected chi connectivity index (χ2v) is 3.67. The maximum absolute atomic E-state index is 10.4. The minimum absolute atomic E-state index is 0.313. The van der Waals surface area contributed by atoms with Crippen molar-refractivity contribution in [3.63, 3.8) is 0 Å². The SMILES string of the molecule is CC1CCc2nc(C=O)ncc2C1. The molecule has 1 unspecified atom stereocenters. The van der Waals surface area contributed by atoms with Crippen LogP contribution in [0, 0.1) is 5.92 Å². The van der Waals surface area contributed by atoms with Crippen LogP contribution in [-0.4, -0.2) is 16.3 Å². The van der Waals surface area contributed by atoms with Crippen LogP contribution in [-0.2, 0) is 12.8 Å². The lowest BCUT2D eigenvalue weighted by atomic mass is 9.89. The van der Waals surface area contributed by atoms with E-state index in [1.165, 1.54) is 12.0 Å². The Morgan fingerprint density at radius 3 is 3.23 bits per heavy atom. The second-order valence-electron chi connectivity index (χ2n) is 3.67. The summed E-state index contributed by atoms with van der Waals surface area (Å²) in [6.45, 7) is 2.23. The molecule has 0 amide bonds. The first-order valence-corrected chi connectivity index (χ1v) is 4.59. The molecule has 0 fully saturated rings.